The number of alkyl halides is 3. The van der Waals surface area contributed by atoms with Crippen molar-refractivity contribution in [3.8, 4) is 0 Å². The molecule has 6 heteroatoms. The fraction of sp³-hybridized carbons (Fsp3) is 0.846. The fourth-order valence-electron chi connectivity index (χ4n) is 9.00. The van der Waals surface area contributed by atoms with Crippen LogP contribution in [0.25, 0.3) is 0 Å². The summed E-state index contributed by atoms with van der Waals surface area (Å²) in [5.74, 6) is 5.26. The quantitative estimate of drug-likeness (QED) is 0.519. The molecule has 4 aliphatic carbocycles. The molecule has 4 aliphatic rings. The summed E-state index contributed by atoms with van der Waals surface area (Å²) >= 11 is 0. The minimum atomic E-state index is -4.47. The lowest BCUT2D eigenvalue weighted by molar-refractivity contribution is -0.142. The molecule has 0 aromatic carbocycles. The van der Waals surface area contributed by atoms with E-state index in [1.807, 2.05) is 0 Å². The first-order valence-corrected chi connectivity index (χ1v) is 12.7. The van der Waals surface area contributed by atoms with Gasteiger partial charge >= 0.3 is 6.18 Å². The van der Waals surface area contributed by atoms with Crippen LogP contribution in [-0.2, 0) is 17.5 Å². The molecule has 0 radical (unpaired) electrons. The molecule has 0 spiro atoms. The Kier molecular flexibility index (Phi) is 5.52. The van der Waals surface area contributed by atoms with Crippen LogP contribution < -0.4 is 0 Å². The summed E-state index contributed by atoms with van der Waals surface area (Å²) < 4.78 is 39.9. The molecule has 4 fully saturated rings. The molecule has 9 unspecified atom stereocenters. The van der Waals surface area contributed by atoms with Gasteiger partial charge in [0.15, 0.2) is 11.5 Å². The van der Waals surface area contributed by atoms with Gasteiger partial charge in [-0.1, -0.05) is 27.2 Å². The highest BCUT2D eigenvalue weighted by atomic mass is 19.4. The van der Waals surface area contributed by atoms with Gasteiger partial charge in [0.2, 0.25) is 0 Å². The first-order chi connectivity index (χ1) is 15.1. The highest BCUT2D eigenvalue weighted by Gasteiger charge is 2.60. The lowest BCUT2D eigenvalue weighted by Gasteiger charge is -2.56. The fourth-order valence-corrected chi connectivity index (χ4v) is 9.00. The summed E-state index contributed by atoms with van der Waals surface area (Å²) in [6, 6.07) is 0.962. The van der Waals surface area contributed by atoms with Crippen LogP contribution in [0.1, 0.15) is 77.8 Å². The maximum Gasteiger partial charge on any atom is 0.435 e. The van der Waals surface area contributed by atoms with Crippen molar-refractivity contribution < 1.29 is 18.0 Å². The third kappa shape index (κ3) is 3.64. The highest BCUT2D eigenvalue weighted by molar-refractivity contribution is 5.82. The van der Waals surface area contributed by atoms with Crippen LogP contribution >= 0.6 is 0 Å². The molecule has 4 saturated carbocycles. The second-order valence-corrected chi connectivity index (χ2v) is 11.9. The van der Waals surface area contributed by atoms with Crippen LogP contribution in [0.3, 0.4) is 0 Å². The molecule has 178 valence electrons. The summed E-state index contributed by atoms with van der Waals surface area (Å²) in [6.07, 6.45) is 6.82. The van der Waals surface area contributed by atoms with E-state index in [-0.39, 0.29) is 23.7 Å². The number of ketones is 1. The van der Waals surface area contributed by atoms with Gasteiger partial charge in [-0.3, -0.25) is 9.48 Å². The summed E-state index contributed by atoms with van der Waals surface area (Å²) in [5.41, 5.74) is -0.944. The van der Waals surface area contributed by atoms with Crippen molar-refractivity contribution in [2.45, 2.75) is 84.9 Å². The number of hydrogen-bond donors (Lipinski definition) is 0. The summed E-state index contributed by atoms with van der Waals surface area (Å²) in [7, 11) is 0. The van der Waals surface area contributed by atoms with Gasteiger partial charge in [-0.2, -0.15) is 18.3 Å². The van der Waals surface area contributed by atoms with Crippen molar-refractivity contribution in [3.63, 3.8) is 0 Å². The molecule has 3 nitrogen and oxygen atoms in total. The number of aromatic nitrogens is 2. The van der Waals surface area contributed by atoms with E-state index in [1.165, 1.54) is 49.4 Å². The van der Waals surface area contributed by atoms with Gasteiger partial charge < -0.3 is 0 Å². The van der Waals surface area contributed by atoms with Crippen LogP contribution in [0.4, 0.5) is 13.2 Å². The summed E-state index contributed by atoms with van der Waals surface area (Å²) in [4.78, 5) is 13.4. The Labute approximate surface area is 189 Å². The van der Waals surface area contributed by atoms with E-state index in [0.29, 0.717) is 11.8 Å². The number of carbonyl (C=O) groups excluding carboxylic acids is 1. The van der Waals surface area contributed by atoms with Crippen molar-refractivity contribution in [2.75, 3.05) is 0 Å². The Morgan fingerprint density at radius 2 is 1.84 bits per heavy atom. The number of fused-ring (bicyclic) bond motifs is 5. The lowest BCUT2D eigenvalue weighted by atomic mass is 9.48. The Morgan fingerprint density at radius 1 is 1.09 bits per heavy atom. The van der Waals surface area contributed by atoms with Crippen molar-refractivity contribution in [1.82, 2.24) is 9.78 Å². The molecule has 0 aliphatic heterocycles. The van der Waals surface area contributed by atoms with E-state index in [0.717, 1.165) is 48.5 Å². The molecule has 1 aromatic heterocycles. The van der Waals surface area contributed by atoms with E-state index >= 15 is 0 Å². The largest absolute Gasteiger partial charge is 0.435 e. The van der Waals surface area contributed by atoms with Gasteiger partial charge in [0.1, 0.15) is 0 Å². The average Bonchev–Trinajstić information content (AvgIpc) is 3.29. The Morgan fingerprint density at radius 3 is 2.56 bits per heavy atom. The zero-order valence-corrected chi connectivity index (χ0v) is 19.6. The number of hydrogen-bond acceptors (Lipinski definition) is 2. The first-order valence-electron chi connectivity index (χ1n) is 12.7. The first kappa shape index (κ1) is 22.5. The molecular weight excluding hydrogens is 413 g/mol. The molecule has 0 amide bonds. The van der Waals surface area contributed by atoms with Crippen LogP contribution in [0.15, 0.2) is 12.3 Å². The topological polar surface area (TPSA) is 34.9 Å². The maximum absolute atomic E-state index is 13.4. The third-order valence-electron chi connectivity index (χ3n) is 10.2. The third-order valence-corrected chi connectivity index (χ3v) is 10.2. The van der Waals surface area contributed by atoms with Crippen molar-refractivity contribution in [3.05, 3.63) is 18.0 Å². The van der Waals surface area contributed by atoms with Crippen LogP contribution in [0.2, 0.25) is 0 Å². The molecule has 9 atom stereocenters. The van der Waals surface area contributed by atoms with E-state index in [4.69, 9.17) is 0 Å². The van der Waals surface area contributed by atoms with Gasteiger partial charge in [-0.25, -0.2) is 0 Å². The van der Waals surface area contributed by atoms with E-state index < -0.39 is 11.9 Å². The number of halogens is 3. The van der Waals surface area contributed by atoms with Gasteiger partial charge in [-0.05, 0) is 97.9 Å². The van der Waals surface area contributed by atoms with Gasteiger partial charge in [0.25, 0.3) is 0 Å². The Bertz CT molecular complexity index is 863. The molecule has 0 N–H and O–H groups in total. The lowest BCUT2D eigenvalue weighted by Crippen LogP contribution is -2.50. The molecule has 5 rings (SSSR count). The minimum Gasteiger partial charge on any atom is -0.297 e. The van der Waals surface area contributed by atoms with Crippen LogP contribution in [0.5, 0.6) is 0 Å². The molecule has 32 heavy (non-hydrogen) atoms. The standard InChI is InChI=1S/C26H37F3N2O/c1-15-4-6-18-17(12-15)5-7-20-19(18)8-10-25(3)21(13-16(2)24(20)25)22(32)14-31-11-9-23(30-31)26(27,28)29/h9,11,15-21,24H,4-8,10,12-14H2,1-3H3. The highest BCUT2D eigenvalue weighted by Crippen LogP contribution is 2.66. The Balaban J connectivity index is 1.33. The second-order valence-electron chi connectivity index (χ2n) is 11.9. The molecule has 1 aromatic rings. The minimum absolute atomic E-state index is 0.0214. The molecule has 0 saturated heterocycles. The number of nitrogens with zero attached hydrogens (tertiary/aromatic N) is 2. The van der Waals surface area contributed by atoms with Crippen molar-refractivity contribution >= 4 is 5.78 Å². The zero-order chi connectivity index (χ0) is 22.8. The smallest absolute Gasteiger partial charge is 0.297 e. The predicted molar refractivity (Wildman–Crippen MR) is 117 cm³/mol. The SMILES string of the molecule is CC1CCC2C(CCC3C2CCC2(C)C(C(=O)Cn4ccc(C(F)(F)F)n4)CC(C)C32)C1. The second kappa shape index (κ2) is 7.87. The van der Waals surface area contributed by atoms with Crippen LogP contribution in [0, 0.1) is 52.8 Å². The van der Waals surface area contributed by atoms with Gasteiger partial charge in [0, 0.05) is 12.1 Å². The van der Waals surface area contributed by atoms with Gasteiger partial charge in [-0.15, -0.1) is 0 Å². The summed E-state index contributed by atoms with van der Waals surface area (Å²) in [6.45, 7) is 7.00. The van der Waals surface area contributed by atoms with Crippen molar-refractivity contribution in [1.29, 1.82) is 0 Å². The monoisotopic (exact) mass is 450 g/mol. The van der Waals surface area contributed by atoms with E-state index in [9.17, 15) is 18.0 Å². The van der Waals surface area contributed by atoms with Crippen LogP contribution in [-0.4, -0.2) is 15.6 Å². The zero-order valence-electron chi connectivity index (χ0n) is 19.6. The summed E-state index contributed by atoms with van der Waals surface area (Å²) in [5, 5.41) is 3.63. The molecule has 0 bridgehead atoms. The normalized spacial score (nSPS) is 43.9. The Hall–Kier alpha value is -1.33. The maximum atomic E-state index is 13.4. The number of Topliss-reactive ketones (excluding diaryl/α,β-unsaturated/α-hetero) is 1. The average molecular weight is 451 g/mol. The molecular formula is C26H37F3N2O. The van der Waals surface area contributed by atoms with E-state index in [2.05, 4.69) is 25.9 Å². The number of rotatable bonds is 3. The van der Waals surface area contributed by atoms with Crippen molar-refractivity contribution in [2.24, 2.45) is 52.8 Å². The molecule has 1 heterocycles. The van der Waals surface area contributed by atoms with Gasteiger partial charge in [0.05, 0.1) is 6.54 Å². The predicted octanol–water partition coefficient (Wildman–Crippen LogP) is 6.62. The van der Waals surface area contributed by atoms with E-state index in [1.54, 1.807) is 0 Å². The number of carbonyl (C=O) groups is 1.